The molecule has 60 heavy (non-hydrogen) atoms. The van der Waals surface area contributed by atoms with E-state index >= 15 is 0 Å². The van der Waals surface area contributed by atoms with Gasteiger partial charge in [-0.25, -0.2) is 15.0 Å². The Bertz CT molecular complexity index is 2420. The molecule has 8 rings (SSSR count). The Morgan fingerprint density at radius 3 is 1.33 bits per heavy atom. The van der Waals surface area contributed by atoms with E-state index < -0.39 is 5.79 Å². The fourth-order valence-electron chi connectivity index (χ4n) is 7.89. The highest BCUT2D eigenvalue weighted by Gasteiger charge is 2.45. The summed E-state index contributed by atoms with van der Waals surface area (Å²) >= 11 is 0. The second-order valence-electron chi connectivity index (χ2n) is 15.4. The van der Waals surface area contributed by atoms with Gasteiger partial charge in [-0.3, -0.25) is 4.57 Å². The standard InChI is InChI=1S/C54H54N4O2/c1-3-5-7-21-39-59-47-35-31-45(32-36-47)53-55-51(43-27-17-11-18-28-43)52(44-29-19-12-20-30-44)58(53)54(46-33-37-48(38-34-46)60-40-22-8-6-4-2)56-49(41-23-13-9-14-24-41)50(57-54)42-25-15-10-16-26-42/h9-20,23-38H,3-8,21-22,39-40H2,1-2H3. The summed E-state index contributed by atoms with van der Waals surface area (Å²) in [6.07, 6.45) is 9.22. The average molecular weight is 791 g/mol. The quantitative estimate of drug-likeness (QED) is 0.0767. The lowest BCUT2D eigenvalue weighted by atomic mass is 10.0. The molecule has 0 N–H and O–H groups in total. The van der Waals surface area contributed by atoms with Crippen molar-refractivity contribution in [3.63, 3.8) is 0 Å². The van der Waals surface area contributed by atoms with Gasteiger partial charge in [0, 0.05) is 33.4 Å². The van der Waals surface area contributed by atoms with Crippen molar-refractivity contribution in [1.82, 2.24) is 9.55 Å². The van der Waals surface area contributed by atoms with Gasteiger partial charge in [-0.2, -0.15) is 0 Å². The molecule has 1 aliphatic rings. The summed E-state index contributed by atoms with van der Waals surface area (Å²) in [7, 11) is 0. The lowest BCUT2D eigenvalue weighted by Gasteiger charge is -2.30. The van der Waals surface area contributed by atoms with Crippen LogP contribution in [0.5, 0.6) is 11.5 Å². The zero-order chi connectivity index (χ0) is 41.0. The number of rotatable bonds is 19. The summed E-state index contributed by atoms with van der Waals surface area (Å²) in [5.41, 5.74) is 9.19. The first kappa shape index (κ1) is 40.3. The zero-order valence-electron chi connectivity index (χ0n) is 34.8. The minimum Gasteiger partial charge on any atom is -0.494 e. The summed E-state index contributed by atoms with van der Waals surface area (Å²) in [5.74, 6) is 1.10. The fourth-order valence-corrected chi connectivity index (χ4v) is 7.89. The van der Waals surface area contributed by atoms with Gasteiger partial charge in [0.2, 0.25) is 0 Å². The molecule has 0 spiro atoms. The van der Waals surface area contributed by atoms with Crippen LogP contribution in [-0.2, 0) is 5.79 Å². The van der Waals surface area contributed by atoms with E-state index in [2.05, 4.69) is 170 Å². The van der Waals surface area contributed by atoms with Crippen LogP contribution in [0.25, 0.3) is 33.9 Å². The number of aromatic nitrogens is 2. The van der Waals surface area contributed by atoms with E-state index in [4.69, 9.17) is 24.4 Å². The minimum absolute atomic E-state index is 0.680. The smallest absolute Gasteiger partial charge is 0.261 e. The number of benzene rings is 6. The van der Waals surface area contributed by atoms with Crippen molar-refractivity contribution < 1.29 is 9.47 Å². The number of aliphatic imine (C=N–C) groups is 2. The molecule has 2 heterocycles. The molecule has 0 unspecified atom stereocenters. The van der Waals surface area contributed by atoms with Gasteiger partial charge in [0.05, 0.1) is 36.0 Å². The van der Waals surface area contributed by atoms with Gasteiger partial charge in [0.1, 0.15) is 17.3 Å². The lowest BCUT2D eigenvalue weighted by molar-refractivity contribution is 0.304. The highest BCUT2D eigenvalue weighted by atomic mass is 16.5. The van der Waals surface area contributed by atoms with Crippen LogP contribution in [0.2, 0.25) is 0 Å². The third kappa shape index (κ3) is 8.89. The van der Waals surface area contributed by atoms with E-state index in [0.29, 0.717) is 13.2 Å². The van der Waals surface area contributed by atoms with Crippen LogP contribution >= 0.6 is 0 Å². The van der Waals surface area contributed by atoms with Crippen LogP contribution in [0.3, 0.4) is 0 Å². The molecule has 0 radical (unpaired) electrons. The molecule has 6 nitrogen and oxygen atoms in total. The highest BCUT2D eigenvalue weighted by Crippen LogP contribution is 2.47. The lowest BCUT2D eigenvalue weighted by Crippen LogP contribution is -2.31. The highest BCUT2D eigenvalue weighted by molar-refractivity contribution is 6.54. The molecular weight excluding hydrogens is 737 g/mol. The molecule has 6 heteroatoms. The van der Waals surface area contributed by atoms with E-state index in [-0.39, 0.29) is 0 Å². The molecule has 0 aliphatic carbocycles. The second kappa shape index (κ2) is 19.5. The number of ether oxygens (including phenoxy) is 2. The second-order valence-corrected chi connectivity index (χ2v) is 15.4. The fraction of sp³-hybridized carbons (Fsp3) is 0.241. The summed E-state index contributed by atoms with van der Waals surface area (Å²) in [6, 6.07) is 58.5. The monoisotopic (exact) mass is 790 g/mol. The third-order valence-corrected chi connectivity index (χ3v) is 11.0. The molecule has 1 aromatic heterocycles. The number of imidazole rings is 1. The van der Waals surface area contributed by atoms with Crippen LogP contribution in [0.4, 0.5) is 0 Å². The van der Waals surface area contributed by atoms with Crippen molar-refractivity contribution >= 4 is 11.4 Å². The normalized spacial score (nSPS) is 13.2. The molecule has 1 aliphatic heterocycles. The third-order valence-electron chi connectivity index (χ3n) is 11.0. The average Bonchev–Trinajstić information content (AvgIpc) is 3.92. The molecule has 0 amide bonds. The molecule has 0 bridgehead atoms. The van der Waals surface area contributed by atoms with Crippen LogP contribution in [0.15, 0.2) is 180 Å². The maximum atomic E-state index is 6.29. The minimum atomic E-state index is -1.31. The zero-order valence-corrected chi connectivity index (χ0v) is 34.8. The molecule has 0 saturated carbocycles. The Labute approximate surface area is 355 Å². The van der Waals surface area contributed by atoms with Gasteiger partial charge in [0.25, 0.3) is 5.79 Å². The van der Waals surface area contributed by atoms with Gasteiger partial charge in [-0.1, -0.05) is 174 Å². The van der Waals surface area contributed by atoms with Crippen molar-refractivity contribution in [2.45, 2.75) is 71.0 Å². The Kier molecular flexibility index (Phi) is 13.1. The molecular formula is C54H54N4O2. The molecule has 0 saturated heterocycles. The Morgan fingerprint density at radius 2 is 0.867 bits per heavy atom. The van der Waals surface area contributed by atoms with Gasteiger partial charge in [0.15, 0.2) is 0 Å². The first-order valence-corrected chi connectivity index (χ1v) is 21.7. The van der Waals surface area contributed by atoms with Crippen molar-refractivity contribution in [3.8, 4) is 45.4 Å². The van der Waals surface area contributed by atoms with E-state index in [1.165, 1.54) is 32.1 Å². The van der Waals surface area contributed by atoms with Crippen LogP contribution in [0.1, 0.15) is 81.9 Å². The number of unbranched alkanes of at least 4 members (excludes halogenated alkanes) is 6. The van der Waals surface area contributed by atoms with Crippen LogP contribution in [0, 0.1) is 0 Å². The van der Waals surface area contributed by atoms with Crippen molar-refractivity contribution in [3.05, 3.63) is 187 Å². The maximum Gasteiger partial charge on any atom is 0.261 e. The molecule has 302 valence electrons. The first-order valence-electron chi connectivity index (χ1n) is 21.7. The largest absolute Gasteiger partial charge is 0.494 e. The van der Waals surface area contributed by atoms with Gasteiger partial charge >= 0.3 is 0 Å². The van der Waals surface area contributed by atoms with E-state index in [0.717, 1.165) is 92.8 Å². The van der Waals surface area contributed by atoms with Crippen LogP contribution < -0.4 is 9.47 Å². The van der Waals surface area contributed by atoms with Crippen LogP contribution in [-0.4, -0.2) is 34.2 Å². The predicted octanol–water partition coefficient (Wildman–Crippen LogP) is 13.5. The number of nitrogens with zero attached hydrogens (tertiary/aromatic N) is 4. The van der Waals surface area contributed by atoms with Crippen molar-refractivity contribution in [2.24, 2.45) is 9.98 Å². The van der Waals surface area contributed by atoms with Gasteiger partial charge in [-0.05, 0) is 61.4 Å². The van der Waals surface area contributed by atoms with Gasteiger partial charge < -0.3 is 9.47 Å². The summed E-state index contributed by atoms with van der Waals surface area (Å²) in [4.78, 5) is 17.3. The summed E-state index contributed by atoms with van der Waals surface area (Å²) in [5, 5.41) is 0. The SMILES string of the molecule is CCCCCCOc1ccc(-c2nc(-c3ccccc3)c(-c3ccccc3)n2C2(c3ccc(OCCCCCC)cc3)N=C(c3ccccc3)C(c3ccccc3)=N2)cc1. The van der Waals surface area contributed by atoms with E-state index in [1.807, 2.05) is 18.2 Å². The first-order chi connectivity index (χ1) is 29.7. The summed E-state index contributed by atoms with van der Waals surface area (Å²) in [6.45, 7) is 5.83. The van der Waals surface area contributed by atoms with Gasteiger partial charge in [-0.15, -0.1) is 0 Å². The van der Waals surface area contributed by atoms with E-state index in [9.17, 15) is 0 Å². The number of hydrogen-bond acceptors (Lipinski definition) is 5. The predicted molar refractivity (Wildman–Crippen MR) is 247 cm³/mol. The topological polar surface area (TPSA) is 61.0 Å². The Morgan fingerprint density at radius 1 is 0.433 bits per heavy atom. The maximum absolute atomic E-state index is 6.29. The van der Waals surface area contributed by atoms with Crippen molar-refractivity contribution in [2.75, 3.05) is 13.2 Å². The van der Waals surface area contributed by atoms with Crippen molar-refractivity contribution in [1.29, 1.82) is 0 Å². The molecule has 0 fully saturated rings. The Balaban J connectivity index is 1.38. The Hall–Kier alpha value is -6.53. The number of hydrogen-bond donors (Lipinski definition) is 0. The van der Waals surface area contributed by atoms with E-state index in [1.54, 1.807) is 0 Å². The molecule has 6 aromatic carbocycles. The molecule has 0 atom stereocenters. The molecule has 7 aromatic rings. The summed E-state index contributed by atoms with van der Waals surface area (Å²) < 4.78 is 14.8.